The molecule has 3 aromatic carbocycles. The van der Waals surface area contributed by atoms with E-state index in [1.165, 1.54) is 23.1 Å². The monoisotopic (exact) mass is 623 g/mol. The summed E-state index contributed by atoms with van der Waals surface area (Å²) in [5, 5.41) is 3.75. The number of amides is 2. The van der Waals surface area contributed by atoms with Crippen molar-refractivity contribution in [2.45, 2.75) is 51.1 Å². The van der Waals surface area contributed by atoms with Crippen LogP contribution in [0.15, 0.2) is 71.6 Å². The fraction of sp³-hybridized carbons (Fsp3) is 0.310. The molecule has 40 heavy (non-hydrogen) atoms. The van der Waals surface area contributed by atoms with Gasteiger partial charge < -0.3 is 10.2 Å². The molecule has 2 amide bonds. The summed E-state index contributed by atoms with van der Waals surface area (Å²) >= 11 is 18.9. The molecule has 0 saturated heterocycles. The zero-order valence-electron chi connectivity index (χ0n) is 22.5. The molecule has 7 nitrogen and oxygen atoms in total. The summed E-state index contributed by atoms with van der Waals surface area (Å²) in [6.45, 7) is 5.37. The number of hydrogen-bond donors (Lipinski definition) is 1. The van der Waals surface area contributed by atoms with Crippen molar-refractivity contribution in [3.8, 4) is 0 Å². The highest BCUT2D eigenvalue weighted by Gasteiger charge is 2.34. The number of aryl methyl sites for hydroxylation is 1. The summed E-state index contributed by atoms with van der Waals surface area (Å²) in [6.07, 6.45) is 1.01. The normalized spacial score (nSPS) is 12.1. The molecule has 0 saturated carbocycles. The standard InChI is InChI=1S/C29H32Cl3N3O4S/c1-4-16-33-29(37)26(5-2)34(18-21-12-13-22(30)17-25(21)32)28(36)19-35(27-9-7-6-8-24(27)31)40(38,39)23-14-10-20(3)11-15-23/h6-15,17,26H,4-5,16,18-19H2,1-3H3,(H,33,37)/t26-/m1/s1. The first-order valence-electron chi connectivity index (χ1n) is 12.8. The van der Waals surface area contributed by atoms with Gasteiger partial charge in [-0.25, -0.2) is 8.42 Å². The Labute approximate surface area is 251 Å². The fourth-order valence-electron chi connectivity index (χ4n) is 4.12. The zero-order valence-corrected chi connectivity index (χ0v) is 25.6. The third-order valence-corrected chi connectivity index (χ3v) is 8.98. The SMILES string of the molecule is CCCNC(=O)[C@@H](CC)N(Cc1ccc(Cl)cc1Cl)C(=O)CN(c1ccccc1Cl)S(=O)(=O)c1ccc(C)cc1. The molecule has 0 bridgehead atoms. The first-order valence-corrected chi connectivity index (χ1v) is 15.4. The number of nitrogens with one attached hydrogen (secondary N) is 1. The number of benzene rings is 3. The van der Waals surface area contributed by atoms with E-state index in [1.807, 2.05) is 13.8 Å². The van der Waals surface area contributed by atoms with E-state index in [9.17, 15) is 18.0 Å². The number of sulfonamides is 1. The van der Waals surface area contributed by atoms with Gasteiger partial charge in [0.05, 0.1) is 15.6 Å². The van der Waals surface area contributed by atoms with Crippen molar-refractivity contribution in [3.05, 3.63) is 92.9 Å². The highest BCUT2D eigenvalue weighted by molar-refractivity contribution is 7.92. The number of para-hydroxylation sites is 1. The molecule has 0 unspecified atom stereocenters. The Hall–Kier alpha value is -2.78. The number of rotatable bonds is 12. The Balaban J connectivity index is 2.08. The molecule has 0 radical (unpaired) electrons. The lowest BCUT2D eigenvalue weighted by molar-refractivity contribution is -0.140. The molecule has 0 aliphatic carbocycles. The molecule has 214 valence electrons. The summed E-state index contributed by atoms with van der Waals surface area (Å²) < 4.78 is 28.8. The smallest absolute Gasteiger partial charge is 0.264 e. The van der Waals surface area contributed by atoms with Crippen LogP contribution in [0.5, 0.6) is 0 Å². The molecule has 0 heterocycles. The maximum absolute atomic E-state index is 14.1. The lowest BCUT2D eigenvalue weighted by Gasteiger charge is -2.33. The summed E-state index contributed by atoms with van der Waals surface area (Å²) in [5.74, 6) is -0.936. The van der Waals surface area contributed by atoms with Gasteiger partial charge in [0.2, 0.25) is 11.8 Å². The van der Waals surface area contributed by atoms with Crippen LogP contribution in [0.1, 0.15) is 37.8 Å². The topological polar surface area (TPSA) is 86.8 Å². The first-order chi connectivity index (χ1) is 19.0. The van der Waals surface area contributed by atoms with Crippen LogP contribution in [0, 0.1) is 6.92 Å². The molecule has 0 aromatic heterocycles. The van der Waals surface area contributed by atoms with E-state index in [-0.39, 0.29) is 28.1 Å². The van der Waals surface area contributed by atoms with Crippen molar-refractivity contribution in [1.82, 2.24) is 10.2 Å². The molecule has 1 atom stereocenters. The van der Waals surface area contributed by atoms with E-state index in [1.54, 1.807) is 55.5 Å². The van der Waals surface area contributed by atoms with Gasteiger partial charge >= 0.3 is 0 Å². The van der Waals surface area contributed by atoms with Crippen molar-refractivity contribution >= 4 is 62.3 Å². The van der Waals surface area contributed by atoms with Crippen molar-refractivity contribution in [3.63, 3.8) is 0 Å². The Morgan fingerprint density at radius 1 is 0.925 bits per heavy atom. The second-order valence-corrected chi connectivity index (χ2v) is 12.4. The zero-order chi connectivity index (χ0) is 29.4. The summed E-state index contributed by atoms with van der Waals surface area (Å²) in [6, 6.07) is 16.7. The third kappa shape index (κ3) is 7.69. The Bertz CT molecular complexity index is 1450. The molecule has 3 aromatic rings. The number of carbonyl (C=O) groups is 2. The highest BCUT2D eigenvalue weighted by Crippen LogP contribution is 2.31. The maximum Gasteiger partial charge on any atom is 0.264 e. The fourth-order valence-corrected chi connectivity index (χ4v) is 6.31. The van der Waals surface area contributed by atoms with Gasteiger partial charge in [0.25, 0.3) is 10.0 Å². The van der Waals surface area contributed by atoms with Crippen LogP contribution < -0.4 is 9.62 Å². The number of nitrogens with zero attached hydrogens (tertiary/aromatic N) is 2. The minimum atomic E-state index is -4.22. The van der Waals surface area contributed by atoms with E-state index in [0.717, 1.165) is 9.87 Å². The molecule has 3 rings (SSSR count). The van der Waals surface area contributed by atoms with Crippen LogP contribution in [-0.2, 0) is 26.2 Å². The summed E-state index contributed by atoms with van der Waals surface area (Å²) in [5.41, 5.74) is 1.59. The summed E-state index contributed by atoms with van der Waals surface area (Å²) in [7, 11) is -4.22. The van der Waals surface area contributed by atoms with Crippen molar-refractivity contribution in [2.24, 2.45) is 0 Å². The van der Waals surface area contributed by atoms with Gasteiger partial charge in [-0.1, -0.05) is 84.5 Å². The number of anilines is 1. The van der Waals surface area contributed by atoms with E-state index in [0.29, 0.717) is 35.0 Å². The maximum atomic E-state index is 14.1. The molecule has 11 heteroatoms. The van der Waals surface area contributed by atoms with Crippen LogP contribution in [-0.4, -0.2) is 44.3 Å². The molecule has 0 spiro atoms. The van der Waals surface area contributed by atoms with Crippen LogP contribution in [0.25, 0.3) is 0 Å². The largest absolute Gasteiger partial charge is 0.354 e. The van der Waals surface area contributed by atoms with Crippen LogP contribution >= 0.6 is 34.8 Å². The number of hydrogen-bond acceptors (Lipinski definition) is 4. The predicted octanol–water partition coefficient (Wildman–Crippen LogP) is 6.48. The minimum absolute atomic E-state index is 0.00541. The first kappa shape index (κ1) is 31.7. The number of carbonyl (C=O) groups excluding carboxylic acids is 2. The van der Waals surface area contributed by atoms with Gasteiger partial charge in [0, 0.05) is 23.1 Å². The van der Waals surface area contributed by atoms with Gasteiger partial charge in [-0.3, -0.25) is 13.9 Å². The van der Waals surface area contributed by atoms with Gasteiger partial charge in [0.1, 0.15) is 12.6 Å². The highest BCUT2D eigenvalue weighted by atomic mass is 35.5. The Kier molecular flexibility index (Phi) is 11.3. The van der Waals surface area contributed by atoms with Gasteiger partial charge in [-0.15, -0.1) is 0 Å². The van der Waals surface area contributed by atoms with Gasteiger partial charge in [-0.05, 0) is 61.7 Å². The molecular formula is C29H32Cl3N3O4S. The van der Waals surface area contributed by atoms with E-state index in [2.05, 4.69) is 5.32 Å². The van der Waals surface area contributed by atoms with Gasteiger partial charge in [0.15, 0.2) is 0 Å². The lowest BCUT2D eigenvalue weighted by Crippen LogP contribution is -2.52. The Morgan fingerprint density at radius 3 is 2.20 bits per heavy atom. The molecular weight excluding hydrogens is 593 g/mol. The summed E-state index contributed by atoms with van der Waals surface area (Å²) in [4.78, 5) is 28.6. The quantitative estimate of drug-likeness (QED) is 0.250. The molecule has 0 fully saturated rings. The van der Waals surface area contributed by atoms with Crippen LogP contribution in [0.2, 0.25) is 15.1 Å². The van der Waals surface area contributed by atoms with Crippen LogP contribution in [0.4, 0.5) is 5.69 Å². The molecule has 0 aliphatic heterocycles. The van der Waals surface area contributed by atoms with E-state index >= 15 is 0 Å². The third-order valence-electron chi connectivity index (χ3n) is 6.30. The van der Waals surface area contributed by atoms with Gasteiger partial charge in [-0.2, -0.15) is 0 Å². The predicted molar refractivity (Wildman–Crippen MR) is 162 cm³/mol. The van der Waals surface area contributed by atoms with Crippen molar-refractivity contribution in [2.75, 3.05) is 17.4 Å². The van der Waals surface area contributed by atoms with E-state index < -0.39 is 28.5 Å². The second-order valence-electron chi connectivity index (χ2n) is 9.25. The molecule has 1 N–H and O–H groups in total. The minimum Gasteiger partial charge on any atom is -0.354 e. The van der Waals surface area contributed by atoms with Crippen LogP contribution in [0.3, 0.4) is 0 Å². The van der Waals surface area contributed by atoms with E-state index in [4.69, 9.17) is 34.8 Å². The second kappa shape index (κ2) is 14.2. The average Bonchev–Trinajstić information content (AvgIpc) is 2.92. The van der Waals surface area contributed by atoms with Crippen molar-refractivity contribution in [1.29, 1.82) is 0 Å². The Morgan fingerprint density at radius 2 is 1.60 bits per heavy atom. The molecule has 0 aliphatic rings. The van der Waals surface area contributed by atoms with Crippen molar-refractivity contribution < 1.29 is 18.0 Å². The average molecular weight is 625 g/mol. The number of halogens is 3. The lowest BCUT2D eigenvalue weighted by atomic mass is 10.1.